The largest absolute Gasteiger partial charge is 0.300 e. The first-order chi connectivity index (χ1) is 10.5. The van der Waals surface area contributed by atoms with Crippen LogP contribution >= 0.6 is 11.6 Å². The summed E-state index contributed by atoms with van der Waals surface area (Å²) in [6.45, 7) is 4.40. The van der Waals surface area contributed by atoms with Gasteiger partial charge in [0.15, 0.2) is 0 Å². The molecule has 1 aliphatic rings. The van der Waals surface area contributed by atoms with E-state index in [0.717, 1.165) is 22.3 Å². The Hall–Kier alpha value is -2.13. The molecule has 0 aromatic heterocycles. The van der Waals surface area contributed by atoms with E-state index in [1.165, 1.54) is 0 Å². The smallest absolute Gasteiger partial charge is 0.299 e. The molecule has 0 spiro atoms. The van der Waals surface area contributed by atoms with Crippen LogP contribution in [0.2, 0.25) is 0 Å². The van der Waals surface area contributed by atoms with E-state index >= 15 is 0 Å². The molecule has 0 fully saturated rings. The number of carbonyl (C=O) groups excluding carboxylic acids is 2. The summed E-state index contributed by atoms with van der Waals surface area (Å²) in [7, 11) is 0. The maximum absolute atomic E-state index is 12.2. The predicted molar refractivity (Wildman–Crippen MR) is 87.4 cm³/mol. The second-order valence-corrected chi connectivity index (χ2v) is 5.84. The van der Waals surface area contributed by atoms with Crippen LogP contribution in [0.5, 0.6) is 0 Å². The Labute approximate surface area is 134 Å². The van der Waals surface area contributed by atoms with E-state index in [-0.39, 0.29) is 0 Å². The van der Waals surface area contributed by atoms with Gasteiger partial charge >= 0.3 is 0 Å². The number of Topliss-reactive ketones (excluding diaryl/α,β-unsaturated/α-hetero) is 1. The molecular weight excluding hydrogens is 298 g/mol. The number of amides is 1. The molecule has 0 radical (unpaired) electrons. The molecule has 0 unspecified atom stereocenters. The van der Waals surface area contributed by atoms with Crippen molar-refractivity contribution in [1.82, 2.24) is 0 Å². The molecular formula is C18H16ClNO2. The number of carbonyl (C=O) groups is 2. The van der Waals surface area contributed by atoms with Gasteiger partial charge in [0.05, 0.1) is 17.8 Å². The molecule has 3 nitrogen and oxygen atoms in total. The molecule has 1 amide bonds. The number of hydrogen-bond acceptors (Lipinski definition) is 2. The van der Waals surface area contributed by atoms with E-state index in [0.29, 0.717) is 23.7 Å². The summed E-state index contributed by atoms with van der Waals surface area (Å²) in [5.41, 5.74) is 5.47. The number of rotatable bonds is 3. The molecule has 0 N–H and O–H groups in total. The molecule has 0 aliphatic carbocycles. The molecule has 0 atom stereocenters. The quantitative estimate of drug-likeness (QED) is 0.639. The van der Waals surface area contributed by atoms with Gasteiger partial charge in [-0.05, 0) is 48.2 Å². The molecule has 112 valence electrons. The normalized spacial score (nSPS) is 13.7. The van der Waals surface area contributed by atoms with Gasteiger partial charge < -0.3 is 4.90 Å². The van der Waals surface area contributed by atoms with Crippen molar-refractivity contribution in [3.05, 3.63) is 64.2 Å². The fourth-order valence-electron chi connectivity index (χ4n) is 2.83. The van der Waals surface area contributed by atoms with Gasteiger partial charge in [0.2, 0.25) is 0 Å². The minimum absolute atomic E-state index is 0.400. The Morgan fingerprint density at radius 2 is 1.64 bits per heavy atom. The number of aryl methyl sites for hydroxylation is 2. The van der Waals surface area contributed by atoms with Gasteiger partial charge in [-0.1, -0.05) is 24.3 Å². The summed E-state index contributed by atoms with van der Waals surface area (Å²) in [6, 6.07) is 11.2. The minimum atomic E-state index is -0.459. The Morgan fingerprint density at radius 3 is 2.36 bits per heavy atom. The third-order valence-electron chi connectivity index (χ3n) is 4.15. The molecule has 0 bridgehead atoms. The SMILES string of the molecule is Cc1cc(CN2C(=O)C(=O)c3ccccc32)c(C)cc1CCl. The van der Waals surface area contributed by atoms with Crippen molar-refractivity contribution in [3.63, 3.8) is 0 Å². The van der Waals surface area contributed by atoms with Crippen LogP contribution in [0, 0.1) is 13.8 Å². The molecule has 2 aromatic rings. The zero-order chi connectivity index (χ0) is 15.9. The highest BCUT2D eigenvalue weighted by molar-refractivity contribution is 6.52. The average Bonchev–Trinajstić information content (AvgIpc) is 2.76. The van der Waals surface area contributed by atoms with Crippen LogP contribution in [0.1, 0.15) is 32.6 Å². The highest BCUT2D eigenvalue weighted by Gasteiger charge is 2.35. The van der Waals surface area contributed by atoms with E-state index in [4.69, 9.17) is 11.6 Å². The Kier molecular flexibility index (Phi) is 3.75. The number of alkyl halides is 1. The molecule has 22 heavy (non-hydrogen) atoms. The van der Waals surface area contributed by atoms with Gasteiger partial charge in [0.25, 0.3) is 11.7 Å². The Bertz CT molecular complexity index is 783. The van der Waals surface area contributed by atoms with Crippen molar-refractivity contribution in [1.29, 1.82) is 0 Å². The van der Waals surface area contributed by atoms with E-state index in [9.17, 15) is 9.59 Å². The highest BCUT2D eigenvalue weighted by Crippen LogP contribution is 2.31. The first kappa shape index (κ1) is 14.8. The van der Waals surface area contributed by atoms with Crippen molar-refractivity contribution < 1.29 is 9.59 Å². The van der Waals surface area contributed by atoms with Crippen LogP contribution in [0.15, 0.2) is 36.4 Å². The van der Waals surface area contributed by atoms with Crippen LogP contribution in [-0.4, -0.2) is 11.7 Å². The van der Waals surface area contributed by atoms with Crippen LogP contribution in [0.4, 0.5) is 5.69 Å². The molecule has 1 heterocycles. The lowest BCUT2D eigenvalue weighted by atomic mass is 10.0. The highest BCUT2D eigenvalue weighted by atomic mass is 35.5. The first-order valence-corrected chi connectivity index (χ1v) is 7.66. The fourth-order valence-corrected chi connectivity index (χ4v) is 3.11. The summed E-state index contributed by atoms with van der Waals surface area (Å²) in [5, 5.41) is 0. The van der Waals surface area contributed by atoms with Crippen molar-refractivity contribution >= 4 is 29.0 Å². The molecule has 4 heteroatoms. The maximum atomic E-state index is 12.2. The zero-order valence-corrected chi connectivity index (χ0v) is 13.3. The number of benzene rings is 2. The number of hydrogen-bond donors (Lipinski definition) is 0. The third kappa shape index (κ3) is 2.32. The van der Waals surface area contributed by atoms with Gasteiger partial charge in [0.1, 0.15) is 0 Å². The Morgan fingerprint density at radius 1 is 1.00 bits per heavy atom. The second kappa shape index (κ2) is 5.58. The van der Waals surface area contributed by atoms with E-state index in [1.807, 2.05) is 38.1 Å². The number of ketones is 1. The van der Waals surface area contributed by atoms with Crippen LogP contribution < -0.4 is 4.90 Å². The van der Waals surface area contributed by atoms with Crippen LogP contribution in [0.3, 0.4) is 0 Å². The van der Waals surface area contributed by atoms with E-state index < -0.39 is 11.7 Å². The zero-order valence-electron chi connectivity index (χ0n) is 12.5. The monoisotopic (exact) mass is 313 g/mol. The first-order valence-electron chi connectivity index (χ1n) is 7.13. The molecule has 3 rings (SSSR count). The average molecular weight is 314 g/mol. The second-order valence-electron chi connectivity index (χ2n) is 5.58. The van der Waals surface area contributed by atoms with Crippen molar-refractivity contribution in [3.8, 4) is 0 Å². The third-order valence-corrected chi connectivity index (χ3v) is 4.43. The fraction of sp³-hybridized carbons (Fsp3) is 0.222. The van der Waals surface area contributed by atoms with Gasteiger partial charge in [-0.25, -0.2) is 0 Å². The van der Waals surface area contributed by atoms with Crippen molar-refractivity contribution in [2.45, 2.75) is 26.3 Å². The van der Waals surface area contributed by atoms with Crippen molar-refractivity contribution in [2.24, 2.45) is 0 Å². The predicted octanol–water partition coefficient (Wildman–Crippen LogP) is 3.77. The van der Waals surface area contributed by atoms with Gasteiger partial charge in [-0.15, -0.1) is 11.6 Å². The summed E-state index contributed by atoms with van der Waals surface area (Å²) >= 11 is 5.93. The number of halogens is 1. The van der Waals surface area contributed by atoms with Crippen molar-refractivity contribution in [2.75, 3.05) is 4.90 Å². The lowest BCUT2D eigenvalue weighted by molar-refractivity contribution is -0.114. The maximum Gasteiger partial charge on any atom is 0.299 e. The molecule has 2 aromatic carbocycles. The molecule has 1 aliphatic heterocycles. The number of nitrogens with zero attached hydrogens (tertiary/aromatic N) is 1. The lowest BCUT2D eigenvalue weighted by Gasteiger charge is -2.19. The lowest BCUT2D eigenvalue weighted by Crippen LogP contribution is -2.29. The number of fused-ring (bicyclic) bond motifs is 1. The van der Waals surface area contributed by atoms with Gasteiger partial charge in [-0.2, -0.15) is 0 Å². The molecule has 0 saturated carbocycles. The Balaban J connectivity index is 1.99. The molecule has 0 saturated heterocycles. The van der Waals surface area contributed by atoms with Crippen LogP contribution in [0.25, 0.3) is 0 Å². The van der Waals surface area contributed by atoms with Gasteiger partial charge in [0, 0.05) is 5.88 Å². The number of para-hydroxylation sites is 1. The van der Waals surface area contributed by atoms with Gasteiger partial charge in [-0.3, -0.25) is 9.59 Å². The minimum Gasteiger partial charge on any atom is -0.300 e. The summed E-state index contributed by atoms with van der Waals surface area (Å²) in [6.07, 6.45) is 0. The van der Waals surface area contributed by atoms with Crippen LogP contribution in [-0.2, 0) is 17.2 Å². The van der Waals surface area contributed by atoms with E-state index in [1.54, 1.807) is 17.0 Å². The summed E-state index contributed by atoms with van der Waals surface area (Å²) in [5.74, 6) is -0.418. The number of anilines is 1. The standard InChI is InChI=1S/C18H16ClNO2/c1-11-8-14(12(2)7-13(11)9-19)10-20-16-6-4-3-5-15(16)17(21)18(20)22/h3-8H,9-10H2,1-2H3. The summed E-state index contributed by atoms with van der Waals surface area (Å²) < 4.78 is 0. The van der Waals surface area contributed by atoms with E-state index in [2.05, 4.69) is 0 Å². The summed E-state index contributed by atoms with van der Waals surface area (Å²) in [4.78, 5) is 25.8. The topological polar surface area (TPSA) is 37.4 Å².